The average Bonchev–Trinajstić information content (AvgIpc) is 2.29. The lowest BCUT2D eigenvalue weighted by atomic mass is 10.1. The van der Waals surface area contributed by atoms with Crippen LogP contribution in [-0.4, -0.2) is 30.2 Å². The molecule has 0 atom stereocenters. The predicted octanol–water partition coefficient (Wildman–Crippen LogP) is 2.51. The SMILES string of the molecule is CCNc1cc(NCCC(C)C)nc(COC)n1. The molecule has 0 saturated heterocycles. The van der Waals surface area contributed by atoms with Crippen molar-refractivity contribution in [2.24, 2.45) is 5.92 Å². The van der Waals surface area contributed by atoms with E-state index in [0.717, 1.165) is 31.1 Å². The summed E-state index contributed by atoms with van der Waals surface area (Å²) in [6.07, 6.45) is 1.13. The van der Waals surface area contributed by atoms with Crippen molar-refractivity contribution in [2.45, 2.75) is 33.8 Å². The van der Waals surface area contributed by atoms with Gasteiger partial charge >= 0.3 is 0 Å². The quantitative estimate of drug-likeness (QED) is 0.744. The minimum atomic E-state index is 0.429. The first kappa shape index (κ1) is 14.7. The Kier molecular flexibility index (Phi) is 6.43. The van der Waals surface area contributed by atoms with Crippen LogP contribution in [0.25, 0.3) is 0 Å². The fourth-order valence-electron chi connectivity index (χ4n) is 1.54. The van der Waals surface area contributed by atoms with Gasteiger partial charge in [-0.05, 0) is 19.3 Å². The first-order valence-corrected chi connectivity index (χ1v) is 6.50. The molecular weight excluding hydrogens is 228 g/mol. The van der Waals surface area contributed by atoms with E-state index in [0.29, 0.717) is 18.3 Å². The molecule has 5 heteroatoms. The third-order valence-electron chi connectivity index (χ3n) is 2.43. The van der Waals surface area contributed by atoms with Crippen LogP contribution in [0, 0.1) is 5.92 Å². The molecular formula is C13H24N4O. The Morgan fingerprint density at radius 1 is 1.22 bits per heavy atom. The van der Waals surface area contributed by atoms with Crippen molar-refractivity contribution in [3.05, 3.63) is 11.9 Å². The molecule has 0 aliphatic rings. The molecule has 1 aromatic rings. The Morgan fingerprint density at radius 2 is 1.89 bits per heavy atom. The zero-order valence-corrected chi connectivity index (χ0v) is 11.8. The topological polar surface area (TPSA) is 59.1 Å². The number of ether oxygens (including phenoxy) is 1. The lowest BCUT2D eigenvalue weighted by Crippen LogP contribution is -2.10. The van der Waals surface area contributed by atoms with Crippen LogP contribution in [0.15, 0.2) is 6.07 Å². The van der Waals surface area contributed by atoms with Crippen LogP contribution < -0.4 is 10.6 Å². The van der Waals surface area contributed by atoms with Gasteiger partial charge in [0.15, 0.2) is 5.82 Å². The summed E-state index contributed by atoms with van der Waals surface area (Å²) in [5, 5.41) is 6.53. The molecule has 0 bridgehead atoms. The summed E-state index contributed by atoms with van der Waals surface area (Å²) < 4.78 is 5.08. The van der Waals surface area contributed by atoms with Gasteiger partial charge in [0.05, 0.1) is 0 Å². The average molecular weight is 252 g/mol. The highest BCUT2D eigenvalue weighted by Gasteiger charge is 2.04. The molecule has 1 rings (SSSR count). The molecule has 0 aliphatic carbocycles. The molecule has 0 aliphatic heterocycles. The molecule has 0 amide bonds. The molecule has 0 spiro atoms. The number of nitrogens with zero attached hydrogens (tertiary/aromatic N) is 2. The second-order valence-corrected chi connectivity index (χ2v) is 4.63. The lowest BCUT2D eigenvalue weighted by Gasteiger charge is -2.11. The Bertz CT molecular complexity index is 331. The van der Waals surface area contributed by atoms with Gasteiger partial charge < -0.3 is 15.4 Å². The summed E-state index contributed by atoms with van der Waals surface area (Å²) in [6.45, 7) is 8.66. The van der Waals surface area contributed by atoms with Crippen molar-refractivity contribution in [3.8, 4) is 0 Å². The fourth-order valence-corrected chi connectivity index (χ4v) is 1.54. The number of hydrogen-bond donors (Lipinski definition) is 2. The van der Waals surface area contributed by atoms with Crippen molar-refractivity contribution < 1.29 is 4.74 Å². The molecule has 2 N–H and O–H groups in total. The van der Waals surface area contributed by atoms with Crippen LogP contribution >= 0.6 is 0 Å². The number of nitrogens with one attached hydrogen (secondary N) is 2. The van der Waals surface area contributed by atoms with E-state index in [1.165, 1.54) is 0 Å². The lowest BCUT2D eigenvalue weighted by molar-refractivity contribution is 0.178. The molecule has 0 radical (unpaired) electrons. The number of aromatic nitrogens is 2. The van der Waals surface area contributed by atoms with Crippen molar-refractivity contribution in [1.29, 1.82) is 0 Å². The van der Waals surface area contributed by atoms with Crippen LogP contribution in [0.1, 0.15) is 33.0 Å². The van der Waals surface area contributed by atoms with Gasteiger partial charge in [-0.25, -0.2) is 9.97 Å². The molecule has 18 heavy (non-hydrogen) atoms. The zero-order valence-electron chi connectivity index (χ0n) is 11.8. The van der Waals surface area contributed by atoms with Crippen molar-refractivity contribution in [3.63, 3.8) is 0 Å². The van der Waals surface area contributed by atoms with Crippen LogP contribution in [0.3, 0.4) is 0 Å². The molecule has 0 saturated carbocycles. The highest BCUT2D eigenvalue weighted by molar-refractivity contribution is 5.47. The summed E-state index contributed by atoms with van der Waals surface area (Å²) in [7, 11) is 1.65. The summed E-state index contributed by atoms with van der Waals surface area (Å²) >= 11 is 0. The van der Waals surface area contributed by atoms with Gasteiger partial charge in [0, 0.05) is 26.3 Å². The smallest absolute Gasteiger partial charge is 0.158 e. The van der Waals surface area contributed by atoms with Gasteiger partial charge in [-0.2, -0.15) is 0 Å². The van der Waals surface area contributed by atoms with E-state index in [1.807, 2.05) is 13.0 Å². The third-order valence-corrected chi connectivity index (χ3v) is 2.43. The molecule has 102 valence electrons. The van der Waals surface area contributed by atoms with Gasteiger partial charge in [-0.1, -0.05) is 13.8 Å². The molecule has 5 nitrogen and oxygen atoms in total. The molecule has 0 aromatic carbocycles. The first-order chi connectivity index (χ1) is 8.65. The number of hydrogen-bond acceptors (Lipinski definition) is 5. The Balaban J connectivity index is 2.69. The summed E-state index contributed by atoms with van der Waals surface area (Å²) in [6, 6.07) is 1.93. The van der Waals surface area contributed by atoms with Crippen LogP contribution in [-0.2, 0) is 11.3 Å². The molecule has 0 unspecified atom stereocenters. The normalized spacial score (nSPS) is 10.7. The molecule has 1 heterocycles. The minimum Gasteiger partial charge on any atom is -0.377 e. The van der Waals surface area contributed by atoms with Crippen LogP contribution in [0.4, 0.5) is 11.6 Å². The van der Waals surface area contributed by atoms with E-state index in [2.05, 4.69) is 34.4 Å². The van der Waals surface area contributed by atoms with E-state index < -0.39 is 0 Å². The number of anilines is 2. The number of methoxy groups -OCH3 is 1. The highest BCUT2D eigenvalue weighted by Crippen LogP contribution is 2.12. The predicted molar refractivity (Wildman–Crippen MR) is 74.9 cm³/mol. The van der Waals surface area contributed by atoms with Gasteiger partial charge in [0.2, 0.25) is 0 Å². The first-order valence-electron chi connectivity index (χ1n) is 6.50. The van der Waals surface area contributed by atoms with E-state index >= 15 is 0 Å². The van der Waals surface area contributed by atoms with Crippen LogP contribution in [0.5, 0.6) is 0 Å². The van der Waals surface area contributed by atoms with Crippen molar-refractivity contribution >= 4 is 11.6 Å². The molecule has 0 fully saturated rings. The maximum Gasteiger partial charge on any atom is 0.158 e. The van der Waals surface area contributed by atoms with Gasteiger partial charge in [-0.15, -0.1) is 0 Å². The van der Waals surface area contributed by atoms with E-state index in [9.17, 15) is 0 Å². The van der Waals surface area contributed by atoms with Gasteiger partial charge in [0.1, 0.15) is 18.2 Å². The van der Waals surface area contributed by atoms with Gasteiger partial charge in [-0.3, -0.25) is 0 Å². The minimum absolute atomic E-state index is 0.429. The summed E-state index contributed by atoms with van der Waals surface area (Å²) in [4.78, 5) is 8.78. The van der Waals surface area contributed by atoms with Crippen molar-refractivity contribution in [2.75, 3.05) is 30.8 Å². The Morgan fingerprint density at radius 3 is 2.44 bits per heavy atom. The van der Waals surface area contributed by atoms with E-state index in [4.69, 9.17) is 4.74 Å². The largest absolute Gasteiger partial charge is 0.377 e. The summed E-state index contributed by atoms with van der Waals surface area (Å²) in [5.74, 6) is 3.08. The second-order valence-electron chi connectivity index (χ2n) is 4.63. The Labute approximate surface area is 109 Å². The van der Waals surface area contributed by atoms with E-state index in [-0.39, 0.29) is 0 Å². The highest BCUT2D eigenvalue weighted by atomic mass is 16.5. The summed E-state index contributed by atoms with van der Waals surface area (Å²) in [5.41, 5.74) is 0. The van der Waals surface area contributed by atoms with Crippen LogP contribution in [0.2, 0.25) is 0 Å². The molecule has 1 aromatic heterocycles. The number of rotatable bonds is 8. The monoisotopic (exact) mass is 252 g/mol. The standard InChI is InChI=1S/C13H24N4O/c1-5-14-11-8-12(15-7-6-10(2)3)17-13(16-11)9-18-4/h8,10H,5-7,9H2,1-4H3,(H2,14,15,16,17). The fraction of sp³-hybridized carbons (Fsp3) is 0.692. The maximum atomic E-state index is 5.08. The van der Waals surface area contributed by atoms with Crippen molar-refractivity contribution in [1.82, 2.24) is 9.97 Å². The van der Waals surface area contributed by atoms with E-state index in [1.54, 1.807) is 7.11 Å². The Hall–Kier alpha value is -1.36. The third kappa shape index (κ3) is 5.31. The second kappa shape index (κ2) is 7.87. The maximum absolute atomic E-state index is 5.08. The zero-order chi connectivity index (χ0) is 13.4. The van der Waals surface area contributed by atoms with Gasteiger partial charge in [0.25, 0.3) is 0 Å².